The van der Waals surface area contributed by atoms with Crippen molar-refractivity contribution in [3.63, 3.8) is 0 Å². The predicted octanol–water partition coefficient (Wildman–Crippen LogP) is 3.92. The minimum Gasteiger partial charge on any atom is -0.309 e. The van der Waals surface area contributed by atoms with Crippen LogP contribution in [0.25, 0.3) is 0 Å². The molecule has 0 radical (unpaired) electrons. The molecule has 134 valence electrons. The van der Waals surface area contributed by atoms with Crippen LogP contribution in [0.5, 0.6) is 0 Å². The van der Waals surface area contributed by atoms with E-state index < -0.39 is 8.56 Å². The Morgan fingerprint density at radius 2 is 0.769 bits per heavy atom. The molecule has 3 aromatic carbocycles. The quantitative estimate of drug-likeness (QED) is 0.506. The molecule has 0 aliphatic rings. The molecule has 0 aliphatic heterocycles. The summed E-state index contributed by atoms with van der Waals surface area (Å²) in [4.78, 5) is 11.3. The molecular weight excluding hydrogens is 334 g/mol. The number of hydrogen-bond donors (Lipinski definition) is 3. The summed E-state index contributed by atoms with van der Waals surface area (Å²) in [6, 6.07) is 31.7. The van der Waals surface area contributed by atoms with Crippen molar-refractivity contribution < 1.29 is 0 Å². The fraction of sp³-hybridized carbons (Fsp3) is 0.182. The Morgan fingerprint density at radius 1 is 0.500 bits per heavy atom. The van der Waals surface area contributed by atoms with Crippen molar-refractivity contribution in [3.05, 3.63) is 108 Å². The lowest BCUT2D eigenvalue weighted by molar-refractivity contribution is 0.737. The molecule has 4 heteroatoms. The van der Waals surface area contributed by atoms with Gasteiger partial charge in [0.25, 0.3) is 8.56 Å². The zero-order chi connectivity index (χ0) is 18.1. The third-order valence-electron chi connectivity index (χ3n) is 4.47. The first kappa shape index (κ1) is 18.5. The highest BCUT2D eigenvalue weighted by molar-refractivity contribution is 6.71. The Bertz CT molecular complexity index is 657. The van der Waals surface area contributed by atoms with Gasteiger partial charge in [0, 0.05) is 19.6 Å². The zero-order valence-corrected chi connectivity index (χ0v) is 16.3. The summed E-state index contributed by atoms with van der Waals surface area (Å²) in [5.74, 6) is 0. The molecular formula is C22H27N3Si. The molecule has 0 fully saturated rings. The van der Waals surface area contributed by atoms with Crippen LogP contribution in [0.4, 0.5) is 0 Å². The maximum absolute atomic E-state index is 3.77. The molecule has 0 aromatic heterocycles. The van der Waals surface area contributed by atoms with Crippen molar-refractivity contribution in [2.45, 2.75) is 26.2 Å². The van der Waals surface area contributed by atoms with Crippen LogP contribution in [-0.4, -0.2) is 8.56 Å². The van der Waals surface area contributed by atoms with E-state index in [1.54, 1.807) is 0 Å². The summed E-state index contributed by atoms with van der Waals surface area (Å²) in [6.45, 7) is 4.86. The zero-order valence-electron chi connectivity index (χ0n) is 15.3. The SMILES string of the molecule is C[Si](NCc1ccccc1)(NCc1ccccc1)NCc1ccccc1. The Hall–Kier alpha value is -2.24. The van der Waals surface area contributed by atoms with E-state index >= 15 is 0 Å². The van der Waals surface area contributed by atoms with Gasteiger partial charge in [-0.3, -0.25) is 0 Å². The average molecular weight is 362 g/mol. The van der Waals surface area contributed by atoms with Crippen molar-refractivity contribution in [3.8, 4) is 0 Å². The molecule has 0 aliphatic carbocycles. The molecule has 0 saturated heterocycles. The fourth-order valence-electron chi connectivity index (χ4n) is 2.81. The molecule has 3 aromatic rings. The average Bonchev–Trinajstić information content (AvgIpc) is 2.72. The molecule has 0 spiro atoms. The van der Waals surface area contributed by atoms with Crippen LogP contribution in [0.2, 0.25) is 6.55 Å². The van der Waals surface area contributed by atoms with E-state index in [0.29, 0.717) is 0 Å². The van der Waals surface area contributed by atoms with Crippen LogP contribution in [0.1, 0.15) is 16.7 Å². The lowest BCUT2D eigenvalue weighted by Crippen LogP contribution is -2.69. The normalized spacial score (nSPS) is 11.4. The largest absolute Gasteiger partial charge is 0.309 e. The lowest BCUT2D eigenvalue weighted by atomic mass is 10.2. The highest BCUT2D eigenvalue weighted by Crippen LogP contribution is 2.04. The third-order valence-corrected chi connectivity index (χ3v) is 7.12. The second kappa shape index (κ2) is 9.45. The summed E-state index contributed by atoms with van der Waals surface area (Å²) in [6.07, 6.45) is 0. The molecule has 0 unspecified atom stereocenters. The van der Waals surface area contributed by atoms with Crippen molar-refractivity contribution >= 4 is 8.56 Å². The van der Waals surface area contributed by atoms with Gasteiger partial charge in [-0.2, -0.15) is 0 Å². The highest BCUT2D eigenvalue weighted by atomic mass is 28.4. The van der Waals surface area contributed by atoms with E-state index in [-0.39, 0.29) is 0 Å². The molecule has 0 atom stereocenters. The first-order chi connectivity index (χ1) is 12.7. The van der Waals surface area contributed by atoms with Gasteiger partial charge in [0.1, 0.15) is 0 Å². The number of benzene rings is 3. The van der Waals surface area contributed by atoms with Gasteiger partial charge >= 0.3 is 0 Å². The summed E-state index contributed by atoms with van der Waals surface area (Å²) >= 11 is 0. The van der Waals surface area contributed by atoms with Gasteiger partial charge in [0.15, 0.2) is 0 Å². The minimum absolute atomic E-state index is 0.854. The molecule has 3 rings (SSSR count). The van der Waals surface area contributed by atoms with Gasteiger partial charge in [-0.05, 0) is 23.2 Å². The maximum Gasteiger partial charge on any atom is 0.278 e. The predicted molar refractivity (Wildman–Crippen MR) is 111 cm³/mol. The van der Waals surface area contributed by atoms with Crippen LogP contribution in [0.3, 0.4) is 0 Å². The van der Waals surface area contributed by atoms with Crippen LogP contribution < -0.4 is 14.9 Å². The minimum atomic E-state index is -2.05. The van der Waals surface area contributed by atoms with Gasteiger partial charge in [-0.25, -0.2) is 0 Å². The van der Waals surface area contributed by atoms with Gasteiger partial charge in [0.2, 0.25) is 0 Å². The first-order valence-electron chi connectivity index (χ1n) is 9.10. The molecule has 3 nitrogen and oxygen atoms in total. The number of hydrogen-bond acceptors (Lipinski definition) is 3. The molecule has 26 heavy (non-hydrogen) atoms. The molecule has 0 amide bonds. The molecule has 0 bridgehead atoms. The van der Waals surface area contributed by atoms with Crippen LogP contribution in [0.15, 0.2) is 91.0 Å². The van der Waals surface area contributed by atoms with Crippen molar-refractivity contribution in [2.24, 2.45) is 0 Å². The van der Waals surface area contributed by atoms with Gasteiger partial charge in [-0.1, -0.05) is 91.0 Å². The number of nitrogens with one attached hydrogen (secondary N) is 3. The van der Waals surface area contributed by atoms with Gasteiger partial charge < -0.3 is 14.9 Å². The Labute approximate surface area is 157 Å². The van der Waals surface area contributed by atoms with Gasteiger partial charge in [-0.15, -0.1) is 0 Å². The van der Waals surface area contributed by atoms with E-state index in [9.17, 15) is 0 Å². The summed E-state index contributed by atoms with van der Waals surface area (Å²) < 4.78 is 0. The maximum atomic E-state index is 3.77. The molecule has 0 heterocycles. The fourth-order valence-corrected chi connectivity index (χ4v) is 4.86. The standard InChI is InChI=1S/C22H27N3Si/c1-26(23-17-20-11-5-2-6-12-20,24-18-21-13-7-3-8-14-21)25-19-22-15-9-4-10-16-22/h2-16,23-25H,17-19H2,1H3. The summed E-state index contributed by atoms with van der Waals surface area (Å²) in [5, 5.41) is 0. The van der Waals surface area contributed by atoms with E-state index in [4.69, 9.17) is 0 Å². The van der Waals surface area contributed by atoms with E-state index in [1.165, 1.54) is 16.7 Å². The van der Waals surface area contributed by atoms with E-state index in [2.05, 4.69) is 112 Å². The van der Waals surface area contributed by atoms with E-state index in [0.717, 1.165) is 19.6 Å². The molecule has 0 saturated carbocycles. The van der Waals surface area contributed by atoms with Crippen LogP contribution in [0, 0.1) is 0 Å². The lowest BCUT2D eigenvalue weighted by Gasteiger charge is -2.30. The summed E-state index contributed by atoms with van der Waals surface area (Å²) in [7, 11) is -2.05. The Balaban J connectivity index is 1.64. The van der Waals surface area contributed by atoms with Crippen LogP contribution >= 0.6 is 0 Å². The summed E-state index contributed by atoms with van der Waals surface area (Å²) in [5.41, 5.74) is 3.90. The Morgan fingerprint density at radius 3 is 1.04 bits per heavy atom. The van der Waals surface area contributed by atoms with Crippen molar-refractivity contribution in [1.82, 2.24) is 14.9 Å². The highest BCUT2D eigenvalue weighted by Gasteiger charge is 2.27. The van der Waals surface area contributed by atoms with E-state index in [1.807, 2.05) is 0 Å². The second-order valence-electron chi connectivity index (χ2n) is 6.64. The smallest absolute Gasteiger partial charge is 0.278 e. The third kappa shape index (κ3) is 5.93. The van der Waals surface area contributed by atoms with Crippen LogP contribution in [-0.2, 0) is 19.6 Å². The van der Waals surface area contributed by atoms with Gasteiger partial charge in [0.05, 0.1) is 0 Å². The second-order valence-corrected chi connectivity index (χ2v) is 9.95. The van der Waals surface area contributed by atoms with Crippen molar-refractivity contribution in [2.75, 3.05) is 0 Å². The topological polar surface area (TPSA) is 36.1 Å². The monoisotopic (exact) mass is 361 g/mol. The Kier molecular flexibility index (Phi) is 6.74. The number of rotatable bonds is 9. The molecule has 3 N–H and O–H groups in total. The van der Waals surface area contributed by atoms with Crippen molar-refractivity contribution in [1.29, 1.82) is 0 Å². The first-order valence-corrected chi connectivity index (χ1v) is 11.6.